The molecule has 0 rings (SSSR count). The average Bonchev–Trinajstić information content (AvgIpc) is 1.82. The molecule has 0 aliphatic rings. The van der Waals surface area contributed by atoms with E-state index >= 15 is 0 Å². The fourth-order valence-electron chi connectivity index (χ4n) is 0.298. The number of ketones is 1. The minimum Gasteiger partial charge on any atom is -0.669 e. The van der Waals surface area contributed by atoms with E-state index in [2.05, 4.69) is 0 Å². The number of hydrogen-bond donors (Lipinski definition) is 0. The Bertz CT molecular complexity index is 150. The van der Waals surface area contributed by atoms with Gasteiger partial charge in [0.1, 0.15) is 5.78 Å². The van der Waals surface area contributed by atoms with Gasteiger partial charge in [0.05, 0.1) is 5.75 Å². The van der Waals surface area contributed by atoms with E-state index < -0.39 is 6.04 Å². The predicted molar refractivity (Wildman–Crippen MR) is 41.9 cm³/mol. The summed E-state index contributed by atoms with van der Waals surface area (Å²) in [5.41, 5.74) is 6.95. The van der Waals surface area contributed by atoms with Crippen molar-refractivity contribution in [3.63, 3.8) is 0 Å². The molecule has 1 N–H and O–H groups in total. The molecule has 0 aromatic heterocycles. The van der Waals surface area contributed by atoms with Crippen LogP contribution < -0.4 is 0 Å². The van der Waals surface area contributed by atoms with E-state index in [0.29, 0.717) is 0 Å². The minimum atomic E-state index is -0.702. The first-order valence-corrected chi connectivity index (χ1v) is 3.89. The molecule has 0 fully saturated rings. The zero-order chi connectivity index (χ0) is 8.15. The van der Waals surface area contributed by atoms with Crippen LogP contribution >= 0.6 is 11.8 Å². The smallest absolute Gasteiger partial charge is 0.186 e. The van der Waals surface area contributed by atoms with Gasteiger partial charge in [-0.05, 0) is 0 Å². The van der Waals surface area contributed by atoms with Crippen LogP contribution in [0.3, 0.4) is 0 Å². The first-order valence-electron chi connectivity index (χ1n) is 2.91. The average molecular weight is 387 g/mol. The molecule has 0 saturated heterocycles. The summed E-state index contributed by atoms with van der Waals surface area (Å²) >= 11 is 0.959. The van der Waals surface area contributed by atoms with Crippen LogP contribution in [-0.4, -0.2) is 22.7 Å². The van der Waals surface area contributed by atoms with Crippen molar-refractivity contribution in [2.45, 2.75) is 19.9 Å². The number of thioether (sulfide) groups is 1. The molecule has 1 atom stereocenters. The summed E-state index contributed by atoms with van der Waals surface area (Å²) in [7, 11) is 0. The molecule has 0 amide bonds. The second-order valence-electron chi connectivity index (χ2n) is 1.97. The molecule has 3 nitrogen and oxygen atoms in total. The zero-order valence-corrected chi connectivity index (χ0v) is 12.1. The third-order valence-electron chi connectivity index (χ3n) is 0.901. The minimum absolute atomic E-state index is 0. The third-order valence-corrected chi connectivity index (χ3v) is 1.74. The second-order valence-corrected chi connectivity index (χ2v) is 3.12. The monoisotopic (exact) mass is 387 g/mol. The fraction of sp³-hybridized carbons (Fsp3) is 0.667. The quantitative estimate of drug-likeness (QED) is 0.733. The van der Waals surface area contributed by atoms with Gasteiger partial charge in [-0.25, -0.2) is 0 Å². The molecule has 0 aromatic carbocycles. The van der Waals surface area contributed by atoms with E-state index in [4.69, 9.17) is 5.73 Å². The molecular weight excluding hydrogens is 377 g/mol. The van der Waals surface area contributed by atoms with E-state index in [1.807, 2.05) is 0 Å². The summed E-state index contributed by atoms with van der Waals surface area (Å²) in [5.74, 6) is -0.0554. The van der Waals surface area contributed by atoms with Gasteiger partial charge in [-0.15, -0.1) is 0 Å². The van der Waals surface area contributed by atoms with Gasteiger partial charge in [0.2, 0.25) is 0 Å². The van der Waals surface area contributed by atoms with Crippen LogP contribution in [0.15, 0.2) is 0 Å². The molecule has 0 aliphatic carbocycles. The van der Waals surface area contributed by atoms with Gasteiger partial charge in [-0.3, -0.25) is 4.79 Å². The molecule has 0 spiro atoms. The summed E-state index contributed by atoms with van der Waals surface area (Å²) in [6.07, 6.45) is 0. The molecule has 0 aliphatic heterocycles. The summed E-state index contributed by atoms with van der Waals surface area (Å²) in [5, 5.41) is -0.0750. The number of hydrogen-bond acceptors (Lipinski definition) is 3. The Morgan fingerprint density at radius 2 is 2.00 bits per heavy atom. The standard InChI is InChI=1S/C6H10NO2S.Ac/c1-4(7)6(9)3-10-5(2)8;/h4,7H,3H2,1-2H3;/q-1;. The van der Waals surface area contributed by atoms with E-state index in [1.165, 1.54) is 13.8 Å². The van der Waals surface area contributed by atoms with Crippen LogP contribution in [-0.2, 0) is 9.59 Å². The van der Waals surface area contributed by atoms with Gasteiger partial charge in [0.25, 0.3) is 0 Å². The normalized spacial score (nSPS) is 11.5. The number of Topliss-reactive ketones (excluding diaryl/α,β-unsaturated/α-hetero) is 1. The van der Waals surface area contributed by atoms with Crippen molar-refractivity contribution in [1.29, 1.82) is 0 Å². The first kappa shape index (κ1) is 14.6. The maximum absolute atomic E-state index is 10.7. The molecule has 61 valence electrons. The molecule has 11 heavy (non-hydrogen) atoms. The van der Waals surface area contributed by atoms with Gasteiger partial charge in [0.15, 0.2) is 5.12 Å². The van der Waals surface area contributed by atoms with Crippen LogP contribution in [0, 0.1) is 44.1 Å². The van der Waals surface area contributed by atoms with Gasteiger partial charge < -0.3 is 10.5 Å². The summed E-state index contributed by atoms with van der Waals surface area (Å²) in [6.45, 7) is 2.91. The van der Waals surface area contributed by atoms with E-state index in [9.17, 15) is 9.59 Å². The SMILES string of the molecule is CC(=O)SCC(=O)C(C)[NH-].[Ac]. The van der Waals surface area contributed by atoms with E-state index in [-0.39, 0.29) is 60.7 Å². The summed E-state index contributed by atoms with van der Waals surface area (Å²) in [6, 6.07) is -0.702. The van der Waals surface area contributed by atoms with Crippen LogP contribution in [0.25, 0.3) is 5.73 Å². The van der Waals surface area contributed by atoms with E-state index in [0.717, 1.165) is 11.8 Å². The van der Waals surface area contributed by atoms with Gasteiger partial charge >= 0.3 is 0 Å². The van der Waals surface area contributed by atoms with Crippen LogP contribution in [0.1, 0.15) is 13.8 Å². The molecule has 0 aromatic rings. The Hall–Kier alpha value is 1.09. The van der Waals surface area contributed by atoms with Gasteiger partial charge in [-0.2, -0.15) is 0 Å². The number of nitrogens with one attached hydrogen (secondary N) is 1. The van der Waals surface area contributed by atoms with Crippen LogP contribution in [0.4, 0.5) is 0 Å². The zero-order valence-electron chi connectivity index (χ0n) is 6.59. The number of carbonyl (C=O) groups is 2. The van der Waals surface area contributed by atoms with Crippen molar-refractivity contribution in [2.75, 3.05) is 5.75 Å². The van der Waals surface area contributed by atoms with Gasteiger partial charge in [0, 0.05) is 51.0 Å². The topological polar surface area (TPSA) is 57.9 Å². The van der Waals surface area contributed by atoms with E-state index in [1.54, 1.807) is 0 Å². The second kappa shape index (κ2) is 7.73. The van der Waals surface area contributed by atoms with Crippen molar-refractivity contribution >= 4 is 22.7 Å². The predicted octanol–water partition coefficient (Wildman–Crippen LogP) is 1.28. The van der Waals surface area contributed by atoms with Crippen LogP contribution in [0.5, 0.6) is 0 Å². The Balaban J connectivity index is 0. The maximum atomic E-state index is 10.7. The van der Waals surface area contributed by atoms with Crippen molar-refractivity contribution in [3.05, 3.63) is 5.73 Å². The molecule has 0 heterocycles. The Morgan fingerprint density at radius 3 is 2.27 bits per heavy atom. The van der Waals surface area contributed by atoms with Gasteiger partial charge in [-0.1, -0.05) is 24.7 Å². The van der Waals surface area contributed by atoms with Crippen molar-refractivity contribution in [1.82, 2.24) is 0 Å². The van der Waals surface area contributed by atoms with Crippen molar-refractivity contribution in [2.24, 2.45) is 0 Å². The Morgan fingerprint density at radius 1 is 1.55 bits per heavy atom. The summed E-state index contributed by atoms with van der Waals surface area (Å²) in [4.78, 5) is 21.0. The molecule has 0 bridgehead atoms. The Labute approximate surface area is 106 Å². The Kier molecular flexibility index (Phi) is 10.3. The number of rotatable bonds is 3. The molecule has 1 radical (unpaired) electrons. The number of carbonyl (C=O) groups excluding carboxylic acids is 2. The third kappa shape index (κ3) is 9.00. The largest absolute Gasteiger partial charge is 0.669 e. The van der Waals surface area contributed by atoms with Crippen molar-refractivity contribution in [3.8, 4) is 0 Å². The maximum Gasteiger partial charge on any atom is 0.186 e. The van der Waals surface area contributed by atoms with Crippen molar-refractivity contribution < 1.29 is 53.7 Å². The van der Waals surface area contributed by atoms with Crippen LogP contribution in [0.2, 0.25) is 0 Å². The summed E-state index contributed by atoms with van der Waals surface area (Å²) < 4.78 is 0. The first-order chi connectivity index (χ1) is 4.54. The molecule has 1 unspecified atom stereocenters. The molecule has 0 saturated carbocycles. The molecular formula is C6H10AcNO2S-. The molecule has 5 heteroatoms. The fourth-order valence-corrected chi connectivity index (χ4v) is 0.893.